The maximum absolute atomic E-state index is 2.50. The minimum atomic E-state index is -0.316. The Morgan fingerprint density at radius 2 is 1.25 bits per heavy atom. The fraction of sp³-hybridized carbons (Fsp3) is 0.111. The van der Waals surface area contributed by atoms with Gasteiger partial charge in [-0.05, 0) is 125 Å². The van der Waals surface area contributed by atoms with E-state index in [4.69, 9.17) is 0 Å². The largest absolute Gasteiger partial charge is 0.337 e. The summed E-state index contributed by atoms with van der Waals surface area (Å²) >= 11 is 0. The number of hydrogen-bond acceptors (Lipinski definition) is 2. The Bertz CT molecular complexity index is 2620. The van der Waals surface area contributed by atoms with E-state index >= 15 is 0 Å². The van der Waals surface area contributed by atoms with Crippen LogP contribution in [0.4, 0.5) is 28.4 Å². The third kappa shape index (κ3) is 5.64. The lowest BCUT2D eigenvalue weighted by molar-refractivity contribution is 0.644. The van der Waals surface area contributed by atoms with Crippen molar-refractivity contribution in [2.75, 3.05) is 16.3 Å². The highest BCUT2D eigenvalue weighted by molar-refractivity contribution is 5.88. The Balaban J connectivity index is 1.11. The molecule has 0 bridgehead atoms. The molecule has 1 aliphatic heterocycles. The van der Waals surface area contributed by atoms with E-state index in [1.807, 2.05) is 0 Å². The van der Waals surface area contributed by atoms with Gasteiger partial charge in [-0.3, -0.25) is 0 Å². The monoisotopic (exact) mass is 720 g/mol. The molecule has 7 aromatic rings. The summed E-state index contributed by atoms with van der Waals surface area (Å²) in [6, 6.07) is 60.8. The third-order valence-corrected chi connectivity index (χ3v) is 12.1. The molecule has 56 heavy (non-hydrogen) atoms. The molecule has 1 heterocycles. The molecule has 7 aromatic carbocycles. The van der Waals surface area contributed by atoms with Crippen LogP contribution in [0.2, 0.25) is 0 Å². The molecule has 2 heteroatoms. The molecule has 0 saturated carbocycles. The Morgan fingerprint density at radius 1 is 0.554 bits per heavy atom. The summed E-state index contributed by atoms with van der Waals surface area (Å²) in [6.45, 7) is 2.99. The van der Waals surface area contributed by atoms with Crippen molar-refractivity contribution in [1.82, 2.24) is 0 Å². The normalized spacial score (nSPS) is 16.0. The predicted octanol–water partition coefficient (Wildman–Crippen LogP) is 14.1. The summed E-state index contributed by atoms with van der Waals surface area (Å²) in [4.78, 5) is 4.96. The molecule has 10 rings (SSSR count). The predicted molar refractivity (Wildman–Crippen MR) is 237 cm³/mol. The SMILES string of the molecule is Cc1cc(-c2ccccc2)ccc1N(c1ccc(N2C/C=C\C=C/CC3(c4ccccc4-c4ccccc43)c3ccccc32)cc1)c1cccc2c1C=CCC2. The number of allylic oxidation sites excluding steroid dienone is 4. The fourth-order valence-corrected chi connectivity index (χ4v) is 9.48. The third-order valence-electron chi connectivity index (χ3n) is 12.1. The van der Waals surface area contributed by atoms with Crippen LogP contribution in [0.15, 0.2) is 194 Å². The van der Waals surface area contributed by atoms with E-state index in [1.54, 1.807) is 0 Å². The van der Waals surface area contributed by atoms with Crippen LogP contribution in [0.5, 0.6) is 0 Å². The van der Waals surface area contributed by atoms with Crippen LogP contribution in [-0.4, -0.2) is 6.54 Å². The van der Waals surface area contributed by atoms with E-state index in [-0.39, 0.29) is 5.41 Å². The van der Waals surface area contributed by atoms with Gasteiger partial charge in [-0.25, -0.2) is 0 Å². The topological polar surface area (TPSA) is 6.48 Å². The molecule has 0 atom stereocenters. The smallest absolute Gasteiger partial charge is 0.0536 e. The minimum Gasteiger partial charge on any atom is -0.337 e. The number of nitrogens with zero attached hydrogens (tertiary/aromatic N) is 2. The van der Waals surface area contributed by atoms with Crippen molar-refractivity contribution in [3.8, 4) is 22.3 Å². The molecule has 0 fully saturated rings. The highest BCUT2D eigenvalue weighted by Crippen LogP contribution is 2.57. The van der Waals surface area contributed by atoms with Gasteiger partial charge in [0.05, 0.1) is 11.1 Å². The number of hydrogen-bond donors (Lipinski definition) is 0. The summed E-state index contributed by atoms with van der Waals surface area (Å²) in [5.74, 6) is 0. The molecule has 0 radical (unpaired) electrons. The highest BCUT2D eigenvalue weighted by Gasteiger charge is 2.45. The zero-order valence-corrected chi connectivity index (χ0v) is 31.8. The lowest BCUT2D eigenvalue weighted by Crippen LogP contribution is -2.30. The van der Waals surface area contributed by atoms with Crippen LogP contribution >= 0.6 is 0 Å². The zero-order chi connectivity index (χ0) is 37.5. The second-order valence-electron chi connectivity index (χ2n) is 15.2. The Hall–Kier alpha value is -6.64. The molecule has 0 amide bonds. The molecule has 3 aliphatic rings. The Kier molecular flexibility index (Phi) is 8.60. The second kappa shape index (κ2) is 14.2. The van der Waals surface area contributed by atoms with Gasteiger partial charge in [-0.2, -0.15) is 0 Å². The lowest BCUT2D eigenvalue weighted by Gasteiger charge is -2.37. The van der Waals surface area contributed by atoms with Crippen molar-refractivity contribution in [2.24, 2.45) is 0 Å². The molecular formula is C54H44N2. The average Bonchev–Trinajstić information content (AvgIpc) is 3.55. The Labute approximate surface area is 331 Å². The first-order chi connectivity index (χ1) is 27.7. The first kappa shape index (κ1) is 33.9. The van der Waals surface area contributed by atoms with E-state index in [0.717, 1.165) is 37.2 Å². The van der Waals surface area contributed by atoms with E-state index in [9.17, 15) is 0 Å². The van der Waals surface area contributed by atoms with Crippen molar-refractivity contribution in [3.05, 3.63) is 228 Å². The van der Waals surface area contributed by atoms with Crippen LogP contribution in [0.25, 0.3) is 28.3 Å². The van der Waals surface area contributed by atoms with Gasteiger partial charge in [0.2, 0.25) is 0 Å². The first-order valence-corrected chi connectivity index (χ1v) is 19.9. The van der Waals surface area contributed by atoms with Crippen molar-refractivity contribution in [1.29, 1.82) is 0 Å². The average molecular weight is 721 g/mol. The van der Waals surface area contributed by atoms with E-state index in [0.29, 0.717) is 0 Å². The molecule has 0 N–H and O–H groups in total. The van der Waals surface area contributed by atoms with Crippen LogP contribution in [-0.2, 0) is 11.8 Å². The number of benzene rings is 7. The van der Waals surface area contributed by atoms with Crippen LogP contribution in [0, 0.1) is 6.92 Å². The van der Waals surface area contributed by atoms with Gasteiger partial charge in [0, 0.05) is 34.9 Å². The fourth-order valence-electron chi connectivity index (χ4n) is 9.48. The van der Waals surface area contributed by atoms with Gasteiger partial charge in [0.25, 0.3) is 0 Å². The molecule has 0 unspecified atom stereocenters. The van der Waals surface area contributed by atoms with Gasteiger partial charge in [0.1, 0.15) is 0 Å². The standard InChI is InChI=1S/C54H44N2/c1-39-38-42(40-18-5-4-6-19-40)30-35-51(39)56(52-29-17-21-41-20-7-8-22-45(41)52)44-33-31-43(32-34-44)55-37-16-3-2-15-36-54(50-27-13-14-28-53(50)55)48-25-11-9-23-46(48)47-24-10-12-26-49(47)54/h2-6,8-19,21-35,38H,7,20,36-37H2,1H3/b15-2-,16-3-. The van der Waals surface area contributed by atoms with Gasteiger partial charge in [-0.1, -0.05) is 152 Å². The van der Waals surface area contributed by atoms with Crippen molar-refractivity contribution in [3.63, 3.8) is 0 Å². The number of aryl methyl sites for hydroxylation is 2. The number of fused-ring (bicyclic) bond motifs is 8. The van der Waals surface area contributed by atoms with Crippen LogP contribution in [0.3, 0.4) is 0 Å². The number of anilines is 5. The number of para-hydroxylation sites is 1. The second-order valence-corrected chi connectivity index (χ2v) is 15.2. The lowest BCUT2D eigenvalue weighted by atomic mass is 9.69. The molecule has 270 valence electrons. The van der Waals surface area contributed by atoms with Crippen LogP contribution in [0.1, 0.15) is 46.2 Å². The minimum absolute atomic E-state index is 0.316. The summed E-state index contributed by atoms with van der Waals surface area (Å²) in [5.41, 5.74) is 18.8. The quantitative estimate of drug-likeness (QED) is 0.175. The zero-order valence-electron chi connectivity index (χ0n) is 31.8. The number of rotatable bonds is 5. The van der Waals surface area contributed by atoms with Gasteiger partial charge < -0.3 is 9.80 Å². The molecule has 0 aromatic heterocycles. The summed E-state index contributed by atoms with van der Waals surface area (Å²) in [5, 5.41) is 0. The van der Waals surface area contributed by atoms with Gasteiger partial charge >= 0.3 is 0 Å². The first-order valence-electron chi connectivity index (χ1n) is 19.9. The summed E-state index contributed by atoms with van der Waals surface area (Å²) in [6.07, 6.45) is 16.7. The highest BCUT2D eigenvalue weighted by atomic mass is 15.2. The summed E-state index contributed by atoms with van der Waals surface area (Å²) < 4.78 is 0. The molecular weight excluding hydrogens is 677 g/mol. The van der Waals surface area contributed by atoms with E-state index < -0.39 is 0 Å². The molecule has 2 nitrogen and oxygen atoms in total. The molecule has 2 aliphatic carbocycles. The summed E-state index contributed by atoms with van der Waals surface area (Å²) in [7, 11) is 0. The van der Waals surface area contributed by atoms with Gasteiger partial charge in [0.15, 0.2) is 0 Å². The van der Waals surface area contributed by atoms with Crippen molar-refractivity contribution >= 4 is 34.5 Å². The van der Waals surface area contributed by atoms with E-state index in [2.05, 4.69) is 217 Å². The van der Waals surface area contributed by atoms with Crippen molar-refractivity contribution < 1.29 is 0 Å². The molecule has 0 saturated heterocycles. The Morgan fingerprint density at radius 3 is 2.02 bits per heavy atom. The van der Waals surface area contributed by atoms with Crippen LogP contribution < -0.4 is 9.80 Å². The maximum Gasteiger partial charge on any atom is 0.0536 e. The van der Waals surface area contributed by atoms with Gasteiger partial charge in [-0.15, -0.1) is 0 Å². The molecule has 1 spiro atoms. The van der Waals surface area contributed by atoms with Crippen molar-refractivity contribution in [2.45, 2.75) is 31.6 Å². The maximum atomic E-state index is 2.50. The van der Waals surface area contributed by atoms with E-state index in [1.165, 1.54) is 72.7 Å².